The molecule has 0 aliphatic carbocycles. The maximum absolute atomic E-state index is 11.4. The highest BCUT2D eigenvalue weighted by molar-refractivity contribution is 5.76. The van der Waals surface area contributed by atoms with Gasteiger partial charge in [0, 0.05) is 13.8 Å². The molecular formula is C11H16O9. The van der Waals surface area contributed by atoms with Gasteiger partial charge in [-0.2, -0.15) is 0 Å². The number of aliphatic hydroxyl groups is 2. The highest BCUT2D eigenvalue weighted by Gasteiger charge is 2.51. The van der Waals surface area contributed by atoms with Crippen molar-refractivity contribution in [3.8, 4) is 0 Å². The van der Waals surface area contributed by atoms with Crippen molar-refractivity contribution in [1.29, 1.82) is 0 Å². The van der Waals surface area contributed by atoms with Crippen molar-refractivity contribution in [2.45, 2.75) is 44.6 Å². The minimum atomic E-state index is -1.75. The maximum Gasteiger partial charge on any atom is 0.338 e. The summed E-state index contributed by atoms with van der Waals surface area (Å²) in [4.78, 5) is 33.4. The number of rotatable bonds is 3. The molecule has 0 amide bonds. The summed E-state index contributed by atoms with van der Waals surface area (Å²) in [5.41, 5.74) is 0. The normalized spacial score (nSPS) is 33.1. The Kier molecular flexibility index (Phi) is 5.43. The molecule has 1 heterocycles. The first-order valence-electron chi connectivity index (χ1n) is 5.71. The van der Waals surface area contributed by atoms with E-state index >= 15 is 0 Å². The van der Waals surface area contributed by atoms with E-state index < -0.39 is 48.6 Å². The number of carbonyl (C=O) groups is 3. The fraction of sp³-hybridized carbons (Fsp3) is 0.727. The van der Waals surface area contributed by atoms with E-state index in [4.69, 9.17) is 14.2 Å². The van der Waals surface area contributed by atoms with Gasteiger partial charge in [0.2, 0.25) is 0 Å². The number of hydrogen-bond donors (Lipinski definition) is 2. The predicted octanol–water partition coefficient (Wildman–Crippen LogP) is -1.90. The lowest BCUT2D eigenvalue weighted by Crippen LogP contribution is -2.62. The summed E-state index contributed by atoms with van der Waals surface area (Å²) in [6, 6.07) is 0. The third-order valence-corrected chi connectivity index (χ3v) is 2.58. The van der Waals surface area contributed by atoms with Gasteiger partial charge in [0.05, 0.1) is 7.11 Å². The van der Waals surface area contributed by atoms with Gasteiger partial charge in [-0.15, -0.1) is 0 Å². The van der Waals surface area contributed by atoms with Crippen LogP contribution in [0.4, 0.5) is 0 Å². The minimum Gasteiger partial charge on any atom is -0.467 e. The van der Waals surface area contributed by atoms with Crippen LogP contribution in [0.1, 0.15) is 13.8 Å². The summed E-state index contributed by atoms with van der Waals surface area (Å²) in [6.07, 6.45) is -7.88. The Morgan fingerprint density at radius 2 is 1.50 bits per heavy atom. The fourth-order valence-corrected chi connectivity index (χ4v) is 1.79. The molecule has 0 spiro atoms. The first kappa shape index (κ1) is 16.3. The Labute approximate surface area is 114 Å². The maximum atomic E-state index is 11.4. The van der Waals surface area contributed by atoms with Crippen LogP contribution in [0.2, 0.25) is 0 Å². The van der Waals surface area contributed by atoms with Crippen molar-refractivity contribution in [3.63, 3.8) is 0 Å². The van der Waals surface area contributed by atoms with E-state index in [9.17, 15) is 24.6 Å². The standard InChI is InChI=1S/C11H16O9/c1-4(12)18-7-6(14)8(10(15)17-3)20-11(16)9(7)19-5(2)13/h6-9,11,14,16H,1-3H3/t6-,7-,8-,9+,11?/m0/s1. The SMILES string of the molecule is COC(=O)[C@H]1OC(O)[C@H](OC(C)=O)[C@@H](OC(C)=O)[C@@H]1O. The average Bonchev–Trinajstić information content (AvgIpc) is 2.36. The second-order valence-corrected chi connectivity index (χ2v) is 4.11. The van der Waals surface area contributed by atoms with Gasteiger partial charge >= 0.3 is 17.9 Å². The average molecular weight is 292 g/mol. The van der Waals surface area contributed by atoms with Crippen LogP contribution in [0.3, 0.4) is 0 Å². The minimum absolute atomic E-state index is 0.779. The van der Waals surface area contributed by atoms with E-state index in [2.05, 4.69) is 4.74 Å². The zero-order valence-electron chi connectivity index (χ0n) is 11.1. The van der Waals surface area contributed by atoms with E-state index in [1.165, 1.54) is 0 Å². The zero-order valence-corrected chi connectivity index (χ0v) is 11.1. The monoisotopic (exact) mass is 292 g/mol. The van der Waals surface area contributed by atoms with Crippen LogP contribution in [0.15, 0.2) is 0 Å². The highest BCUT2D eigenvalue weighted by atomic mass is 16.7. The van der Waals surface area contributed by atoms with E-state index in [0.717, 1.165) is 21.0 Å². The lowest BCUT2D eigenvalue weighted by atomic mass is 9.98. The highest BCUT2D eigenvalue weighted by Crippen LogP contribution is 2.25. The Morgan fingerprint density at radius 3 is 1.95 bits per heavy atom. The second kappa shape index (κ2) is 6.64. The first-order chi connectivity index (χ1) is 9.27. The van der Waals surface area contributed by atoms with E-state index in [-0.39, 0.29) is 0 Å². The molecule has 0 aromatic rings. The van der Waals surface area contributed by atoms with Crippen LogP contribution in [0.25, 0.3) is 0 Å². The number of carbonyl (C=O) groups excluding carboxylic acids is 3. The smallest absolute Gasteiger partial charge is 0.338 e. The molecule has 1 rings (SSSR count). The number of hydrogen-bond acceptors (Lipinski definition) is 9. The second-order valence-electron chi connectivity index (χ2n) is 4.11. The van der Waals surface area contributed by atoms with Gasteiger partial charge in [-0.25, -0.2) is 4.79 Å². The Hall–Kier alpha value is -1.71. The molecular weight excluding hydrogens is 276 g/mol. The molecule has 9 heteroatoms. The Morgan fingerprint density at radius 1 is 1.00 bits per heavy atom. The van der Waals surface area contributed by atoms with Crippen molar-refractivity contribution in [1.82, 2.24) is 0 Å². The quantitative estimate of drug-likeness (QED) is 0.452. The molecule has 0 saturated carbocycles. The summed E-state index contributed by atoms with van der Waals surface area (Å²) in [5, 5.41) is 19.7. The summed E-state index contributed by atoms with van der Waals surface area (Å²) < 4.78 is 18.8. The van der Waals surface area contributed by atoms with E-state index in [1.54, 1.807) is 0 Å². The predicted molar refractivity (Wildman–Crippen MR) is 60.0 cm³/mol. The van der Waals surface area contributed by atoms with Gasteiger partial charge in [0.15, 0.2) is 24.6 Å². The Bertz CT molecular complexity index is 393. The molecule has 1 saturated heterocycles. The van der Waals surface area contributed by atoms with Crippen molar-refractivity contribution in [2.24, 2.45) is 0 Å². The summed E-state index contributed by atoms with van der Waals surface area (Å²) in [6.45, 7) is 2.13. The van der Waals surface area contributed by atoms with Crippen LogP contribution in [0, 0.1) is 0 Å². The fourth-order valence-electron chi connectivity index (χ4n) is 1.79. The largest absolute Gasteiger partial charge is 0.467 e. The van der Waals surface area contributed by atoms with Gasteiger partial charge in [0.1, 0.15) is 6.10 Å². The van der Waals surface area contributed by atoms with Crippen molar-refractivity contribution in [3.05, 3.63) is 0 Å². The number of aliphatic hydroxyl groups excluding tert-OH is 2. The molecule has 5 atom stereocenters. The van der Waals surface area contributed by atoms with Gasteiger partial charge in [-0.05, 0) is 0 Å². The molecule has 0 radical (unpaired) electrons. The van der Waals surface area contributed by atoms with Crippen LogP contribution >= 0.6 is 0 Å². The van der Waals surface area contributed by atoms with Crippen LogP contribution in [0.5, 0.6) is 0 Å². The molecule has 1 unspecified atom stereocenters. The molecule has 9 nitrogen and oxygen atoms in total. The van der Waals surface area contributed by atoms with E-state index in [0.29, 0.717) is 0 Å². The molecule has 1 aliphatic rings. The molecule has 114 valence electrons. The van der Waals surface area contributed by atoms with Crippen molar-refractivity contribution < 1.29 is 43.5 Å². The van der Waals surface area contributed by atoms with Crippen molar-refractivity contribution in [2.75, 3.05) is 7.11 Å². The molecule has 1 aliphatic heterocycles. The Balaban J connectivity index is 2.99. The summed E-state index contributed by atoms with van der Waals surface area (Å²) >= 11 is 0. The van der Waals surface area contributed by atoms with Gasteiger partial charge in [-0.3, -0.25) is 9.59 Å². The van der Waals surface area contributed by atoms with Gasteiger partial charge < -0.3 is 29.2 Å². The number of methoxy groups -OCH3 is 1. The molecule has 1 fully saturated rings. The van der Waals surface area contributed by atoms with Gasteiger partial charge in [0.25, 0.3) is 0 Å². The lowest BCUT2D eigenvalue weighted by molar-refractivity contribution is -0.287. The molecule has 0 aromatic heterocycles. The number of esters is 3. The third-order valence-electron chi connectivity index (χ3n) is 2.58. The third kappa shape index (κ3) is 3.65. The van der Waals surface area contributed by atoms with E-state index in [1.807, 2.05) is 0 Å². The molecule has 0 aromatic carbocycles. The first-order valence-corrected chi connectivity index (χ1v) is 5.71. The lowest BCUT2D eigenvalue weighted by Gasteiger charge is -2.40. The van der Waals surface area contributed by atoms with Gasteiger partial charge in [-0.1, -0.05) is 0 Å². The zero-order chi connectivity index (χ0) is 15.4. The van der Waals surface area contributed by atoms with Crippen LogP contribution < -0.4 is 0 Å². The molecule has 20 heavy (non-hydrogen) atoms. The van der Waals surface area contributed by atoms with Crippen LogP contribution in [-0.4, -0.2) is 65.9 Å². The molecule has 2 N–H and O–H groups in total. The summed E-state index contributed by atoms with van der Waals surface area (Å²) in [7, 11) is 1.06. The number of ether oxygens (including phenoxy) is 4. The molecule has 0 bridgehead atoms. The summed E-state index contributed by atoms with van der Waals surface area (Å²) in [5.74, 6) is -2.53. The van der Waals surface area contributed by atoms with Crippen molar-refractivity contribution >= 4 is 17.9 Å². The topological polar surface area (TPSA) is 129 Å². The van der Waals surface area contributed by atoms with Crippen LogP contribution in [-0.2, 0) is 33.3 Å².